The summed E-state index contributed by atoms with van der Waals surface area (Å²) in [6, 6.07) is 18.6. The summed E-state index contributed by atoms with van der Waals surface area (Å²) in [6.07, 6.45) is 0. The van der Waals surface area contributed by atoms with Crippen molar-refractivity contribution in [1.29, 1.82) is 0 Å². The molecule has 0 aliphatic carbocycles. The first-order valence-electron chi connectivity index (χ1n) is 7.02. The summed E-state index contributed by atoms with van der Waals surface area (Å²) in [5.74, 6) is 0. The van der Waals surface area contributed by atoms with Crippen LogP contribution in [0.5, 0.6) is 0 Å². The molecule has 6 heteroatoms. The van der Waals surface area contributed by atoms with Crippen LogP contribution >= 0.6 is 19.2 Å². The Labute approximate surface area is 180 Å². The zero-order chi connectivity index (χ0) is 16.2. The number of fused-ring (bicyclic) bond motifs is 5. The molecule has 4 aromatic carbocycles. The molecule has 0 fully saturated rings. The molecule has 4 rings (SSSR count). The van der Waals surface area contributed by atoms with Gasteiger partial charge in [0.05, 0.1) is 0 Å². The van der Waals surface area contributed by atoms with Crippen LogP contribution in [0.1, 0.15) is 0 Å². The first-order chi connectivity index (χ1) is 11.0. The Morgan fingerprint density at radius 1 is 0.708 bits per heavy atom. The Hall–Kier alpha value is -0.419. The van der Waals surface area contributed by atoms with Gasteiger partial charge in [-0.1, -0.05) is 66.2 Å². The first-order valence-corrected chi connectivity index (χ1v) is 8.94. The summed E-state index contributed by atoms with van der Waals surface area (Å²) in [5, 5.41) is 4.80. The summed E-state index contributed by atoms with van der Waals surface area (Å²) in [7, 11) is -4.96. The van der Waals surface area contributed by atoms with Crippen LogP contribution in [0.25, 0.3) is 32.3 Å². The summed E-state index contributed by atoms with van der Waals surface area (Å²) in [5.41, 5.74) is 0. The van der Waals surface area contributed by atoms with Crippen molar-refractivity contribution in [3.63, 3.8) is 0 Å². The van der Waals surface area contributed by atoms with Gasteiger partial charge >= 0.3 is 45.5 Å². The molecule has 114 valence electrons. The fourth-order valence-electron chi connectivity index (χ4n) is 3.14. The first kappa shape index (κ1) is 18.4. The molecule has 0 unspecified atom stereocenters. The van der Waals surface area contributed by atoms with E-state index in [0.717, 1.165) is 21.5 Å². The van der Waals surface area contributed by atoms with Gasteiger partial charge in [-0.2, -0.15) is 0 Å². The average Bonchev–Trinajstić information content (AvgIpc) is 2.52. The predicted octanol–water partition coefficient (Wildman–Crippen LogP) is 2.96. The second-order valence-corrected chi connectivity index (χ2v) is 7.29. The average molecular weight is 428 g/mol. The predicted molar refractivity (Wildman–Crippen MR) is 97.0 cm³/mol. The molecular formula is C18H10ClO3PSr. The van der Waals surface area contributed by atoms with Crippen LogP contribution in [0.4, 0.5) is 0 Å². The van der Waals surface area contributed by atoms with E-state index < -0.39 is 7.60 Å². The van der Waals surface area contributed by atoms with E-state index in [2.05, 4.69) is 0 Å². The Bertz CT molecular complexity index is 1140. The largest absolute Gasteiger partial charge is 2.00 e. The fraction of sp³-hybridized carbons (Fsp3) is 0. The van der Waals surface area contributed by atoms with E-state index in [-0.39, 0.29) is 55.8 Å². The van der Waals surface area contributed by atoms with Crippen LogP contribution in [0, 0.1) is 0 Å². The maximum Gasteiger partial charge on any atom is 2.00 e. The number of halogens is 1. The van der Waals surface area contributed by atoms with Crippen LogP contribution in [0.15, 0.2) is 60.7 Å². The Kier molecular flexibility index (Phi) is 5.14. The molecule has 0 radical (unpaired) electrons. The second kappa shape index (κ2) is 6.71. The van der Waals surface area contributed by atoms with Crippen LogP contribution < -0.4 is 15.1 Å². The van der Waals surface area contributed by atoms with Gasteiger partial charge in [0.25, 0.3) is 0 Å². The van der Waals surface area contributed by atoms with Crippen LogP contribution in [-0.2, 0) is 4.57 Å². The van der Waals surface area contributed by atoms with E-state index in [9.17, 15) is 14.4 Å². The summed E-state index contributed by atoms with van der Waals surface area (Å²) < 4.78 is 11.6. The third-order valence-electron chi connectivity index (χ3n) is 4.12. The molecule has 4 aromatic rings. The molecule has 0 heterocycles. The molecule has 0 spiro atoms. The van der Waals surface area contributed by atoms with Crippen molar-refractivity contribution in [3.05, 3.63) is 65.7 Å². The van der Waals surface area contributed by atoms with Crippen molar-refractivity contribution < 1.29 is 14.4 Å². The van der Waals surface area contributed by atoms with Gasteiger partial charge in [-0.25, -0.2) is 0 Å². The standard InChI is InChI=1S/C18H12ClO3P.Sr/c19-17-10-9-15-14-6-5-11-3-1-2-4-12(11)13(14)7-8-16(15)18(17)23(20,21)22;/h1-10H,(H2,20,21,22);/q;+2/p-2. The zero-order valence-corrected chi connectivity index (χ0v) is 17.7. The van der Waals surface area contributed by atoms with Crippen LogP contribution in [0.3, 0.4) is 0 Å². The normalized spacial score (nSPS) is 11.8. The summed E-state index contributed by atoms with van der Waals surface area (Å²) in [4.78, 5) is 23.2. The Balaban J connectivity index is 0.00000169. The smallest absolute Gasteiger partial charge is 0.807 e. The van der Waals surface area contributed by atoms with Crippen molar-refractivity contribution >= 4 is 102 Å². The molecule has 0 atom stereocenters. The van der Waals surface area contributed by atoms with Crippen molar-refractivity contribution in [1.82, 2.24) is 0 Å². The van der Waals surface area contributed by atoms with Crippen molar-refractivity contribution in [2.24, 2.45) is 0 Å². The molecule has 0 aliphatic rings. The third kappa shape index (κ3) is 2.96. The summed E-state index contributed by atoms with van der Waals surface area (Å²) >= 11 is 5.96. The van der Waals surface area contributed by atoms with Gasteiger partial charge < -0.3 is 14.4 Å². The molecule has 0 saturated heterocycles. The van der Waals surface area contributed by atoms with Crippen molar-refractivity contribution in [2.75, 3.05) is 0 Å². The molecule has 0 saturated carbocycles. The molecule has 0 amide bonds. The Morgan fingerprint density at radius 2 is 1.25 bits per heavy atom. The maximum atomic E-state index is 11.6. The molecule has 0 bridgehead atoms. The van der Waals surface area contributed by atoms with Crippen molar-refractivity contribution in [3.8, 4) is 0 Å². The molecule has 0 N–H and O–H groups in total. The molecule has 3 nitrogen and oxygen atoms in total. The zero-order valence-electron chi connectivity index (χ0n) is 12.5. The van der Waals surface area contributed by atoms with Crippen LogP contribution in [-0.4, -0.2) is 45.5 Å². The molecule has 0 aliphatic heterocycles. The minimum Gasteiger partial charge on any atom is -0.807 e. The minimum atomic E-state index is -4.96. The SMILES string of the molecule is O=P([O-])([O-])c1c(Cl)ccc2c1ccc1c3ccccc3ccc21.[Sr+2]. The topological polar surface area (TPSA) is 63.2 Å². The third-order valence-corrected chi connectivity index (χ3v) is 5.60. The van der Waals surface area contributed by atoms with Gasteiger partial charge in [0.15, 0.2) is 0 Å². The van der Waals surface area contributed by atoms with Gasteiger partial charge in [-0.3, -0.25) is 0 Å². The van der Waals surface area contributed by atoms with E-state index in [4.69, 9.17) is 11.6 Å². The minimum absolute atomic E-state index is 0. The molecule has 0 aromatic heterocycles. The van der Waals surface area contributed by atoms with E-state index >= 15 is 0 Å². The molecular weight excluding hydrogens is 418 g/mol. The van der Waals surface area contributed by atoms with E-state index in [1.165, 1.54) is 6.07 Å². The van der Waals surface area contributed by atoms with Gasteiger partial charge in [-0.05, 0) is 46.0 Å². The number of benzene rings is 4. The van der Waals surface area contributed by atoms with Gasteiger partial charge in [-0.15, -0.1) is 0 Å². The van der Waals surface area contributed by atoms with Gasteiger partial charge in [0, 0.05) is 10.3 Å². The molecule has 24 heavy (non-hydrogen) atoms. The number of hydrogen-bond donors (Lipinski definition) is 0. The monoisotopic (exact) mass is 428 g/mol. The number of hydrogen-bond acceptors (Lipinski definition) is 3. The maximum absolute atomic E-state index is 11.6. The Morgan fingerprint density at radius 3 is 2.00 bits per heavy atom. The summed E-state index contributed by atoms with van der Waals surface area (Å²) in [6.45, 7) is 0. The number of rotatable bonds is 1. The van der Waals surface area contributed by atoms with Crippen LogP contribution in [0.2, 0.25) is 5.02 Å². The van der Waals surface area contributed by atoms with E-state index in [1.54, 1.807) is 12.1 Å². The van der Waals surface area contributed by atoms with E-state index in [0.29, 0.717) is 10.8 Å². The van der Waals surface area contributed by atoms with Gasteiger partial charge in [0.1, 0.15) is 0 Å². The van der Waals surface area contributed by atoms with Crippen molar-refractivity contribution in [2.45, 2.75) is 0 Å². The second-order valence-electron chi connectivity index (χ2n) is 5.44. The fourth-order valence-corrected chi connectivity index (χ4v) is 4.44. The van der Waals surface area contributed by atoms with E-state index in [1.807, 2.05) is 42.5 Å². The quantitative estimate of drug-likeness (QED) is 0.266. The van der Waals surface area contributed by atoms with Gasteiger partial charge in [0.2, 0.25) is 0 Å².